The molecule has 0 radical (unpaired) electrons. The second kappa shape index (κ2) is 7.33. The molecule has 0 heterocycles. The Kier molecular flexibility index (Phi) is 5.27. The third-order valence-electron chi connectivity index (χ3n) is 6.31. The first kappa shape index (κ1) is 19.4. The number of ether oxygens (including phenoxy) is 2. The van der Waals surface area contributed by atoms with Crippen LogP contribution in [0.1, 0.15) is 55.5 Å². The number of Topliss-reactive ketones (excluding diaryl/α,β-unsaturated/α-hetero) is 1. The first-order valence-corrected chi connectivity index (χ1v) is 9.43. The molecule has 2 N–H and O–H groups in total. The van der Waals surface area contributed by atoms with Crippen LogP contribution in [0.3, 0.4) is 0 Å². The van der Waals surface area contributed by atoms with Crippen molar-refractivity contribution < 1.29 is 23.9 Å². The Morgan fingerprint density at radius 1 is 1.26 bits per heavy atom. The van der Waals surface area contributed by atoms with Crippen molar-refractivity contribution in [2.75, 3.05) is 7.11 Å². The summed E-state index contributed by atoms with van der Waals surface area (Å²) in [6, 6.07) is 5.55. The molecule has 1 fully saturated rings. The van der Waals surface area contributed by atoms with Crippen LogP contribution in [-0.4, -0.2) is 30.9 Å². The van der Waals surface area contributed by atoms with Crippen LogP contribution < -0.4 is 10.5 Å². The molecule has 27 heavy (non-hydrogen) atoms. The van der Waals surface area contributed by atoms with Crippen molar-refractivity contribution in [1.82, 2.24) is 0 Å². The smallest absolute Gasteiger partial charge is 0.302 e. The van der Waals surface area contributed by atoms with E-state index in [-0.39, 0.29) is 30.0 Å². The monoisotopic (exact) mass is 373 g/mol. The van der Waals surface area contributed by atoms with Gasteiger partial charge in [0.1, 0.15) is 11.9 Å². The maximum atomic E-state index is 13.2. The fourth-order valence-electron chi connectivity index (χ4n) is 5.07. The Morgan fingerprint density at radius 3 is 2.63 bits per heavy atom. The number of ketones is 1. The molecule has 4 atom stereocenters. The molecule has 6 heteroatoms. The molecule has 6 nitrogen and oxygen atoms in total. The molecule has 1 amide bonds. The largest absolute Gasteiger partial charge is 0.497 e. The number of nitrogens with two attached hydrogens (primary N) is 1. The Labute approximate surface area is 159 Å². The molecule has 0 spiro atoms. The number of rotatable bonds is 5. The summed E-state index contributed by atoms with van der Waals surface area (Å²) < 4.78 is 10.8. The summed E-state index contributed by atoms with van der Waals surface area (Å²) in [5.41, 5.74) is 6.61. The molecular formula is C21H27NO5. The molecule has 3 rings (SSSR count). The van der Waals surface area contributed by atoms with Crippen molar-refractivity contribution in [1.29, 1.82) is 0 Å². The Morgan fingerprint density at radius 2 is 2.00 bits per heavy atom. The number of carbonyl (C=O) groups is 3. The van der Waals surface area contributed by atoms with Gasteiger partial charge in [-0.2, -0.15) is 0 Å². The van der Waals surface area contributed by atoms with Crippen LogP contribution in [-0.2, 0) is 20.7 Å². The normalized spacial score (nSPS) is 29.9. The molecular weight excluding hydrogens is 346 g/mol. The fraction of sp³-hybridized carbons (Fsp3) is 0.571. The van der Waals surface area contributed by atoms with Gasteiger partial charge in [-0.3, -0.25) is 14.4 Å². The molecule has 1 aromatic rings. The lowest BCUT2D eigenvalue weighted by molar-refractivity contribution is -0.154. The lowest BCUT2D eigenvalue weighted by Crippen LogP contribution is -2.44. The SMILES string of the molecule is COc1ccc2c(c1)CCC([C@@H]1CC[C@H](OC(C)=O)[C@@]1(C)CC(N)=O)C2=O. The molecule has 0 aromatic heterocycles. The summed E-state index contributed by atoms with van der Waals surface area (Å²) in [7, 11) is 1.61. The number of esters is 1. The minimum Gasteiger partial charge on any atom is -0.497 e. The van der Waals surface area contributed by atoms with Gasteiger partial charge in [-0.15, -0.1) is 0 Å². The minimum absolute atomic E-state index is 0.0444. The predicted molar refractivity (Wildman–Crippen MR) is 99.3 cm³/mol. The van der Waals surface area contributed by atoms with Gasteiger partial charge in [-0.25, -0.2) is 0 Å². The second-order valence-electron chi connectivity index (χ2n) is 7.96. The summed E-state index contributed by atoms with van der Waals surface area (Å²) in [5.74, 6) is -0.205. The van der Waals surface area contributed by atoms with E-state index in [1.165, 1.54) is 6.92 Å². The van der Waals surface area contributed by atoms with E-state index in [0.29, 0.717) is 12.8 Å². The van der Waals surface area contributed by atoms with Gasteiger partial charge in [0.2, 0.25) is 5.91 Å². The molecule has 0 aliphatic heterocycles. The third kappa shape index (κ3) is 3.57. The molecule has 1 saturated carbocycles. The topological polar surface area (TPSA) is 95.7 Å². The summed E-state index contributed by atoms with van der Waals surface area (Å²) in [4.78, 5) is 36.5. The van der Waals surface area contributed by atoms with Gasteiger partial charge in [0.05, 0.1) is 7.11 Å². The molecule has 0 saturated heterocycles. The summed E-state index contributed by atoms with van der Waals surface area (Å²) >= 11 is 0. The number of aryl methyl sites for hydroxylation is 1. The first-order chi connectivity index (χ1) is 12.8. The van der Waals surface area contributed by atoms with Crippen LogP contribution >= 0.6 is 0 Å². The van der Waals surface area contributed by atoms with E-state index in [9.17, 15) is 14.4 Å². The maximum absolute atomic E-state index is 13.2. The standard InChI is InChI=1S/C21H27NO5/c1-12(23)27-18-9-8-17(21(18,2)11-19(22)24)16-6-4-13-10-14(26-3)5-7-15(13)20(16)25/h5,7,10,16-18H,4,6,8-9,11H2,1-3H3,(H2,22,24)/t16?,17-,18-,21-/m0/s1. The number of primary amides is 1. The predicted octanol–water partition coefficient (Wildman–Crippen LogP) is 2.66. The zero-order chi connectivity index (χ0) is 19.8. The van der Waals surface area contributed by atoms with Gasteiger partial charge >= 0.3 is 5.97 Å². The van der Waals surface area contributed by atoms with Crippen LogP contribution in [0.2, 0.25) is 0 Å². The van der Waals surface area contributed by atoms with E-state index in [2.05, 4.69) is 0 Å². The average Bonchev–Trinajstić information content (AvgIpc) is 2.89. The maximum Gasteiger partial charge on any atom is 0.302 e. The number of hydrogen-bond acceptors (Lipinski definition) is 5. The van der Waals surface area contributed by atoms with Gasteiger partial charge in [0, 0.05) is 30.2 Å². The average molecular weight is 373 g/mol. The zero-order valence-electron chi connectivity index (χ0n) is 16.1. The van der Waals surface area contributed by atoms with Crippen molar-refractivity contribution >= 4 is 17.7 Å². The van der Waals surface area contributed by atoms with E-state index in [1.54, 1.807) is 13.2 Å². The van der Waals surface area contributed by atoms with Crippen molar-refractivity contribution in [2.24, 2.45) is 23.0 Å². The summed E-state index contributed by atoms with van der Waals surface area (Å²) in [6.45, 7) is 3.30. The molecule has 1 aromatic carbocycles. The highest BCUT2D eigenvalue weighted by Gasteiger charge is 2.54. The van der Waals surface area contributed by atoms with E-state index in [1.807, 2.05) is 19.1 Å². The lowest BCUT2D eigenvalue weighted by atomic mass is 9.65. The molecule has 1 unspecified atom stereocenters. The Balaban J connectivity index is 1.90. The summed E-state index contributed by atoms with van der Waals surface area (Å²) in [5, 5.41) is 0. The van der Waals surface area contributed by atoms with E-state index >= 15 is 0 Å². The van der Waals surface area contributed by atoms with E-state index in [4.69, 9.17) is 15.2 Å². The van der Waals surface area contributed by atoms with Crippen LogP contribution in [0.5, 0.6) is 5.75 Å². The molecule has 0 bridgehead atoms. The van der Waals surface area contributed by atoms with Gasteiger partial charge in [0.15, 0.2) is 5.78 Å². The van der Waals surface area contributed by atoms with Crippen molar-refractivity contribution in [3.63, 3.8) is 0 Å². The van der Waals surface area contributed by atoms with Crippen LogP contribution in [0.4, 0.5) is 0 Å². The third-order valence-corrected chi connectivity index (χ3v) is 6.31. The Bertz CT molecular complexity index is 774. The van der Waals surface area contributed by atoms with Gasteiger partial charge in [-0.1, -0.05) is 6.92 Å². The number of amides is 1. The number of methoxy groups -OCH3 is 1. The fourth-order valence-corrected chi connectivity index (χ4v) is 5.07. The molecule has 2 aliphatic rings. The zero-order valence-corrected chi connectivity index (χ0v) is 16.1. The van der Waals surface area contributed by atoms with Crippen LogP contribution in [0, 0.1) is 17.3 Å². The summed E-state index contributed by atoms with van der Waals surface area (Å²) in [6.07, 6.45) is 2.60. The van der Waals surface area contributed by atoms with Gasteiger partial charge in [0.25, 0.3) is 0 Å². The van der Waals surface area contributed by atoms with Crippen LogP contribution in [0.25, 0.3) is 0 Å². The number of fused-ring (bicyclic) bond motifs is 1. The highest BCUT2D eigenvalue weighted by Crippen LogP contribution is 2.53. The van der Waals surface area contributed by atoms with Crippen molar-refractivity contribution in [3.05, 3.63) is 29.3 Å². The number of carbonyl (C=O) groups excluding carboxylic acids is 3. The van der Waals surface area contributed by atoms with E-state index < -0.39 is 17.4 Å². The highest BCUT2D eigenvalue weighted by molar-refractivity contribution is 6.00. The molecule has 146 valence electrons. The molecule has 2 aliphatic carbocycles. The quantitative estimate of drug-likeness (QED) is 0.801. The second-order valence-corrected chi connectivity index (χ2v) is 7.96. The highest BCUT2D eigenvalue weighted by atomic mass is 16.5. The van der Waals surface area contributed by atoms with Crippen molar-refractivity contribution in [3.8, 4) is 5.75 Å². The van der Waals surface area contributed by atoms with E-state index in [0.717, 1.165) is 29.7 Å². The minimum atomic E-state index is -0.623. The Hall–Kier alpha value is -2.37. The van der Waals surface area contributed by atoms with Crippen LogP contribution in [0.15, 0.2) is 18.2 Å². The first-order valence-electron chi connectivity index (χ1n) is 9.43. The number of benzene rings is 1. The van der Waals surface area contributed by atoms with Crippen molar-refractivity contribution in [2.45, 2.75) is 52.1 Å². The van der Waals surface area contributed by atoms with Gasteiger partial charge < -0.3 is 15.2 Å². The van der Waals surface area contributed by atoms with Gasteiger partial charge in [-0.05, 0) is 55.4 Å². The lowest BCUT2D eigenvalue weighted by Gasteiger charge is -2.40. The number of hydrogen-bond donors (Lipinski definition) is 1.